The summed E-state index contributed by atoms with van der Waals surface area (Å²) >= 11 is 0. The van der Waals surface area contributed by atoms with Gasteiger partial charge in [0.15, 0.2) is 5.82 Å². The summed E-state index contributed by atoms with van der Waals surface area (Å²) in [4.78, 5) is 4.57. The molecule has 140 valence electrons. The number of aryl methyl sites for hydroxylation is 4. The number of nitrogens with zero attached hydrogens (tertiary/aromatic N) is 7. The molecule has 4 heterocycles. The third-order valence-electron chi connectivity index (χ3n) is 4.93. The Hall–Kier alpha value is -3.68. The summed E-state index contributed by atoms with van der Waals surface area (Å²) in [5, 5.41) is 15.5. The number of rotatable bonds is 4. The first kappa shape index (κ1) is 16.5. The van der Waals surface area contributed by atoms with Gasteiger partial charge in [0.05, 0.1) is 30.0 Å². The first-order valence-electron chi connectivity index (χ1n) is 9.16. The molecule has 1 aromatic carbocycles. The normalized spacial score (nSPS) is 11.6. The van der Waals surface area contributed by atoms with Gasteiger partial charge in [-0.2, -0.15) is 15.3 Å². The fraction of sp³-hybridized carbons (Fsp3) is 0.200. The SMILES string of the molecule is Cc1cc(C)n(CCn2cc3c(n2)c(N)nc2cc(-n4cccn4)ccc23)n1. The Morgan fingerprint density at radius 3 is 2.68 bits per heavy atom. The molecule has 0 atom stereocenters. The van der Waals surface area contributed by atoms with Crippen molar-refractivity contribution in [1.82, 2.24) is 34.3 Å². The van der Waals surface area contributed by atoms with E-state index in [4.69, 9.17) is 5.73 Å². The van der Waals surface area contributed by atoms with Crippen LogP contribution in [0.25, 0.3) is 27.5 Å². The zero-order chi connectivity index (χ0) is 19.3. The van der Waals surface area contributed by atoms with E-state index < -0.39 is 0 Å². The molecule has 5 rings (SSSR count). The van der Waals surface area contributed by atoms with Gasteiger partial charge in [-0.05, 0) is 44.2 Å². The highest BCUT2D eigenvalue weighted by atomic mass is 15.3. The van der Waals surface area contributed by atoms with Crippen LogP contribution in [-0.4, -0.2) is 34.3 Å². The minimum atomic E-state index is 0.435. The van der Waals surface area contributed by atoms with Crippen LogP contribution >= 0.6 is 0 Å². The molecule has 0 aliphatic carbocycles. The van der Waals surface area contributed by atoms with Gasteiger partial charge >= 0.3 is 0 Å². The minimum Gasteiger partial charge on any atom is -0.382 e. The molecule has 0 spiro atoms. The van der Waals surface area contributed by atoms with Crippen molar-refractivity contribution in [3.8, 4) is 5.69 Å². The largest absolute Gasteiger partial charge is 0.382 e. The van der Waals surface area contributed by atoms with Crippen LogP contribution in [0.5, 0.6) is 0 Å². The quantitative estimate of drug-likeness (QED) is 0.524. The zero-order valence-electron chi connectivity index (χ0n) is 15.7. The summed E-state index contributed by atoms with van der Waals surface area (Å²) < 4.78 is 5.72. The van der Waals surface area contributed by atoms with Crippen LogP contribution in [0, 0.1) is 13.8 Å². The summed E-state index contributed by atoms with van der Waals surface area (Å²) in [6.07, 6.45) is 5.69. The van der Waals surface area contributed by atoms with Gasteiger partial charge in [0.2, 0.25) is 0 Å². The second-order valence-electron chi connectivity index (χ2n) is 6.95. The van der Waals surface area contributed by atoms with Crippen molar-refractivity contribution in [2.75, 3.05) is 5.73 Å². The van der Waals surface area contributed by atoms with Gasteiger partial charge < -0.3 is 5.73 Å². The second-order valence-corrected chi connectivity index (χ2v) is 6.95. The molecule has 4 aromatic heterocycles. The molecule has 2 N–H and O–H groups in total. The van der Waals surface area contributed by atoms with Crippen molar-refractivity contribution in [2.24, 2.45) is 0 Å². The monoisotopic (exact) mass is 372 g/mol. The Bertz CT molecular complexity index is 1290. The lowest BCUT2D eigenvalue weighted by molar-refractivity contribution is 0.493. The van der Waals surface area contributed by atoms with Crippen LogP contribution < -0.4 is 5.73 Å². The average molecular weight is 372 g/mol. The maximum absolute atomic E-state index is 6.21. The molecule has 0 saturated heterocycles. The van der Waals surface area contributed by atoms with E-state index >= 15 is 0 Å². The van der Waals surface area contributed by atoms with Gasteiger partial charge in [0.25, 0.3) is 0 Å². The van der Waals surface area contributed by atoms with Gasteiger partial charge in [-0.3, -0.25) is 9.36 Å². The molecule has 0 aliphatic heterocycles. The standard InChI is InChI=1S/C20H20N8/c1-13-10-14(2)27(24-13)9-8-26-12-17-16-5-4-15(28-7-3-6-22-28)11-18(16)23-20(21)19(17)25-26/h3-7,10-12H,8-9H2,1-2H3,(H2,21,23). The molecule has 0 fully saturated rings. The number of nitrogens with two attached hydrogens (primary N) is 1. The number of hydrogen-bond donors (Lipinski definition) is 1. The molecule has 0 unspecified atom stereocenters. The molecule has 0 radical (unpaired) electrons. The second kappa shape index (κ2) is 6.19. The van der Waals surface area contributed by atoms with Crippen LogP contribution in [0.1, 0.15) is 11.4 Å². The van der Waals surface area contributed by atoms with Crippen LogP contribution in [0.15, 0.2) is 48.9 Å². The molecule has 5 aromatic rings. The van der Waals surface area contributed by atoms with E-state index in [0.717, 1.165) is 45.4 Å². The van der Waals surface area contributed by atoms with E-state index in [-0.39, 0.29) is 0 Å². The number of benzene rings is 1. The van der Waals surface area contributed by atoms with E-state index in [1.165, 1.54) is 0 Å². The lowest BCUT2D eigenvalue weighted by Gasteiger charge is -2.05. The molecule has 8 nitrogen and oxygen atoms in total. The van der Waals surface area contributed by atoms with Crippen molar-refractivity contribution >= 4 is 27.6 Å². The predicted octanol–water partition coefficient (Wildman–Crippen LogP) is 2.87. The van der Waals surface area contributed by atoms with Gasteiger partial charge in [0, 0.05) is 35.1 Å². The van der Waals surface area contributed by atoms with E-state index in [0.29, 0.717) is 12.4 Å². The summed E-state index contributed by atoms with van der Waals surface area (Å²) in [7, 11) is 0. The number of pyridine rings is 1. The van der Waals surface area contributed by atoms with Crippen LogP contribution in [0.3, 0.4) is 0 Å². The third kappa shape index (κ3) is 2.70. The minimum absolute atomic E-state index is 0.435. The van der Waals surface area contributed by atoms with Crippen molar-refractivity contribution in [3.05, 3.63) is 60.3 Å². The Morgan fingerprint density at radius 2 is 1.93 bits per heavy atom. The summed E-state index contributed by atoms with van der Waals surface area (Å²) in [5.41, 5.74) is 10.9. The van der Waals surface area contributed by atoms with Crippen LogP contribution in [0.4, 0.5) is 5.82 Å². The number of hydrogen-bond acceptors (Lipinski definition) is 5. The molecule has 8 heteroatoms. The Balaban J connectivity index is 1.53. The van der Waals surface area contributed by atoms with Gasteiger partial charge in [-0.15, -0.1) is 0 Å². The lowest BCUT2D eigenvalue weighted by Crippen LogP contribution is -2.10. The molecular weight excluding hydrogens is 352 g/mol. The fourth-order valence-electron chi connectivity index (χ4n) is 3.61. The van der Waals surface area contributed by atoms with Crippen molar-refractivity contribution in [1.29, 1.82) is 0 Å². The summed E-state index contributed by atoms with van der Waals surface area (Å²) in [5.74, 6) is 0.435. The third-order valence-corrected chi connectivity index (χ3v) is 4.93. The van der Waals surface area contributed by atoms with E-state index in [9.17, 15) is 0 Å². The van der Waals surface area contributed by atoms with Crippen LogP contribution in [0.2, 0.25) is 0 Å². The molecule has 0 aliphatic rings. The van der Waals surface area contributed by atoms with Crippen molar-refractivity contribution < 1.29 is 0 Å². The lowest BCUT2D eigenvalue weighted by atomic mass is 10.1. The van der Waals surface area contributed by atoms with Crippen molar-refractivity contribution in [3.63, 3.8) is 0 Å². The molecule has 0 bridgehead atoms. The first-order chi connectivity index (χ1) is 13.6. The Morgan fingerprint density at radius 1 is 1.04 bits per heavy atom. The molecular formula is C20H20N8. The van der Waals surface area contributed by atoms with E-state index in [2.05, 4.69) is 33.3 Å². The Labute approximate surface area is 161 Å². The number of anilines is 1. The average Bonchev–Trinajstić information content (AvgIpc) is 3.40. The first-order valence-corrected chi connectivity index (χ1v) is 9.16. The Kier molecular flexibility index (Phi) is 3.65. The zero-order valence-corrected chi connectivity index (χ0v) is 15.7. The highest BCUT2D eigenvalue weighted by molar-refractivity contribution is 6.08. The smallest absolute Gasteiger partial charge is 0.152 e. The predicted molar refractivity (Wildman–Crippen MR) is 108 cm³/mol. The molecule has 0 amide bonds. The van der Waals surface area contributed by atoms with Crippen molar-refractivity contribution in [2.45, 2.75) is 26.9 Å². The maximum Gasteiger partial charge on any atom is 0.152 e. The topological polar surface area (TPSA) is 92.4 Å². The van der Waals surface area contributed by atoms with Crippen LogP contribution in [-0.2, 0) is 13.1 Å². The highest BCUT2D eigenvalue weighted by Crippen LogP contribution is 2.28. The molecule has 0 saturated carbocycles. The van der Waals surface area contributed by atoms with E-state index in [1.54, 1.807) is 10.9 Å². The summed E-state index contributed by atoms with van der Waals surface area (Å²) in [6, 6.07) is 10.0. The fourth-order valence-corrected chi connectivity index (χ4v) is 3.61. The summed E-state index contributed by atoms with van der Waals surface area (Å²) in [6.45, 7) is 5.53. The van der Waals surface area contributed by atoms with Gasteiger partial charge in [-0.25, -0.2) is 9.67 Å². The van der Waals surface area contributed by atoms with Gasteiger partial charge in [-0.1, -0.05) is 0 Å². The maximum atomic E-state index is 6.21. The van der Waals surface area contributed by atoms with Gasteiger partial charge in [0.1, 0.15) is 5.52 Å². The number of nitrogen functional groups attached to an aromatic ring is 1. The van der Waals surface area contributed by atoms with E-state index in [1.807, 2.05) is 52.9 Å². The number of fused-ring (bicyclic) bond motifs is 3. The highest BCUT2D eigenvalue weighted by Gasteiger charge is 2.12. The molecule has 28 heavy (non-hydrogen) atoms. The number of aromatic nitrogens is 7.